The van der Waals surface area contributed by atoms with E-state index in [0.29, 0.717) is 5.57 Å². The molecule has 0 aliphatic carbocycles. The van der Waals surface area contributed by atoms with Crippen LogP contribution in [0.1, 0.15) is 11.1 Å². The second-order valence-electron chi connectivity index (χ2n) is 6.89. The largest absolute Gasteiger partial charge is 0.311 e. The van der Waals surface area contributed by atoms with Gasteiger partial charge in [-0.25, -0.2) is 0 Å². The number of hydrogen-bond donors (Lipinski definition) is 0. The summed E-state index contributed by atoms with van der Waals surface area (Å²) in [4.78, 5) is 2.17. The Labute approximate surface area is 182 Å². The number of hydrogen-bond acceptors (Lipinski definition) is 3. The van der Waals surface area contributed by atoms with Crippen molar-refractivity contribution in [1.82, 2.24) is 0 Å². The van der Waals surface area contributed by atoms with Crippen molar-refractivity contribution < 1.29 is 0 Å². The third kappa shape index (κ3) is 4.22. The summed E-state index contributed by atoms with van der Waals surface area (Å²) in [6.45, 7) is 0. The van der Waals surface area contributed by atoms with Crippen molar-refractivity contribution in [2.75, 3.05) is 4.90 Å². The highest BCUT2D eigenvalue weighted by molar-refractivity contribution is 5.87. The van der Waals surface area contributed by atoms with Gasteiger partial charge in [0.25, 0.3) is 0 Å². The van der Waals surface area contributed by atoms with Crippen LogP contribution in [0.15, 0.2) is 121 Å². The van der Waals surface area contributed by atoms with E-state index in [9.17, 15) is 10.5 Å². The highest BCUT2D eigenvalue weighted by Crippen LogP contribution is 2.35. The van der Waals surface area contributed by atoms with Gasteiger partial charge in [-0.15, -0.1) is 0 Å². The molecule has 0 atom stereocenters. The normalized spacial score (nSPS) is 9.87. The molecule has 3 nitrogen and oxygen atoms in total. The van der Waals surface area contributed by atoms with Crippen LogP contribution in [0.4, 0.5) is 17.1 Å². The van der Waals surface area contributed by atoms with Crippen LogP contribution < -0.4 is 4.90 Å². The van der Waals surface area contributed by atoms with E-state index < -0.39 is 0 Å². The average Bonchev–Trinajstić information content (AvgIpc) is 2.85. The van der Waals surface area contributed by atoms with Gasteiger partial charge in [-0.1, -0.05) is 78.9 Å². The fraction of sp³-hybridized carbons (Fsp3) is 0. The molecular formula is C28H19N3. The minimum absolute atomic E-state index is 0.0990. The first-order valence-corrected chi connectivity index (χ1v) is 9.92. The van der Waals surface area contributed by atoms with Crippen molar-refractivity contribution in [2.24, 2.45) is 0 Å². The fourth-order valence-electron chi connectivity index (χ4n) is 3.58. The Bertz CT molecular complexity index is 1210. The molecule has 0 aliphatic rings. The van der Waals surface area contributed by atoms with Gasteiger partial charge in [-0.2, -0.15) is 10.5 Å². The van der Waals surface area contributed by atoms with Gasteiger partial charge in [0.15, 0.2) is 0 Å². The maximum absolute atomic E-state index is 9.52. The van der Waals surface area contributed by atoms with Gasteiger partial charge < -0.3 is 4.90 Å². The molecule has 0 bridgehead atoms. The first kappa shape index (κ1) is 19.7. The average molecular weight is 397 g/mol. The van der Waals surface area contributed by atoms with Gasteiger partial charge in [-0.3, -0.25) is 0 Å². The van der Waals surface area contributed by atoms with Crippen LogP contribution in [0.2, 0.25) is 0 Å². The molecule has 4 rings (SSSR count). The van der Waals surface area contributed by atoms with Gasteiger partial charge in [0, 0.05) is 22.6 Å². The van der Waals surface area contributed by atoms with E-state index in [1.165, 1.54) is 0 Å². The van der Waals surface area contributed by atoms with E-state index in [0.717, 1.165) is 28.2 Å². The van der Waals surface area contributed by atoms with E-state index in [-0.39, 0.29) is 5.57 Å². The molecule has 4 aromatic rings. The second kappa shape index (κ2) is 9.27. The van der Waals surface area contributed by atoms with E-state index in [4.69, 9.17) is 0 Å². The lowest BCUT2D eigenvalue weighted by molar-refractivity contribution is 1.28. The lowest BCUT2D eigenvalue weighted by Crippen LogP contribution is -2.09. The van der Waals surface area contributed by atoms with E-state index in [1.807, 2.05) is 103 Å². The van der Waals surface area contributed by atoms with E-state index in [2.05, 4.69) is 29.2 Å². The first-order valence-electron chi connectivity index (χ1n) is 9.92. The van der Waals surface area contributed by atoms with Gasteiger partial charge in [0.05, 0.1) is 0 Å². The summed E-state index contributed by atoms with van der Waals surface area (Å²) < 4.78 is 0. The van der Waals surface area contributed by atoms with Crippen LogP contribution in [0.5, 0.6) is 0 Å². The van der Waals surface area contributed by atoms with Gasteiger partial charge in [0.1, 0.15) is 17.7 Å². The minimum Gasteiger partial charge on any atom is -0.311 e. The van der Waals surface area contributed by atoms with E-state index >= 15 is 0 Å². The predicted molar refractivity (Wildman–Crippen MR) is 125 cm³/mol. The zero-order valence-electron chi connectivity index (χ0n) is 16.8. The fourth-order valence-corrected chi connectivity index (χ4v) is 3.58. The van der Waals surface area contributed by atoms with Crippen molar-refractivity contribution in [3.63, 3.8) is 0 Å². The zero-order valence-corrected chi connectivity index (χ0v) is 16.8. The molecule has 4 aromatic carbocycles. The van der Waals surface area contributed by atoms with Crippen molar-refractivity contribution >= 4 is 22.6 Å². The molecule has 0 N–H and O–H groups in total. The number of para-hydroxylation sites is 2. The smallest absolute Gasteiger partial charge is 0.138 e. The molecule has 0 aromatic heterocycles. The van der Waals surface area contributed by atoms with Gasteiger partial charge in [0.2, 0.25) is 0 Å². The Kier molecular flexibility index (Phi) is 5.89. The van der Waals surface area contributed by atoms with Crippen molar-refractivity contribution in [3.8, 4) is 12.1 Å². The summed E-state index contributed by atoms with van der Waals surface area (Å²) >= 11 is 0. The molecule has 0 saturated carbocycles. The van der Waals surface area contributed by atoms with Crippen molar-refractivity contribution in [3.05, 3.63) is 132 Å². The number of allylic oxidation sites excluding steroid dienone is 1. The second-order valence-corrected chi connectivity index (χ2v) is 6.89. The molecule has 0 spiro atoms. The Morgan fingerprint density at radius 2 is 0.871 bits per heavy atom. The van der Waals surface area contributed by atoms with Crippen LogP contribution in [0.25, 0.3) is 5.57 Å². The number of nitrogens with zero attached hydrogens (tertiary/aromatic N) is 3. The summed E-state index contributed by atoms with van der Waals surface area (Å²) in [6.07, 6.45) is 0. The molecule has 0 aliphatic heterocycles. The maximum atomic E-state index is 9.52. The van der Waals surface area contributed by atoms with E-state index in [1.54, 1.807) is 0 Å². The summed E-state index contributed by atoms with van der Waals surface area (Å²) in [5.41, 5.74) is 5.50. The molecule has 0 saturated heterocycles. The standard InChI is InChI=1S/C28H19N3/c29-20-24(21-30)28(22-10-4-1-5-11-22)23-16-18-27(19-17-23)31(25-12-6-2-7-13-25)26-14-8-3-9-15-26/h1-19H. The third-order valence-corrected chi connectivity index (χ3v) is 4.98. The predicted octanol–water partition coefficient (Wildman–Crippen LogP) is 7.01. The zero-order chi connectivity index (χ0) is 21.5. The molecule has 3 heteroatoms. The molecule has 146 valence electrons. The number of rotatable bonds is 5. The highest BCUT2D eigenvalue weighted by atomic mass is 15.1. The Hall–Kier alpha value is -4.60. The van der Waals surface area contributed by atoms with Gasteiger partial charge >= 0.3 is 0 Å². The molecule has 0 fully saturated rings. The number of nitriles is 2. The summed E-state index contributed by atoms with van der Waals surface area (Å²) in [5.74, 6) is 0. The van der Waals surface area contributed by atoms with Crippen LogP contribution in [-0.4, -0.2) is 0 Å². The summed E-state index contributed by atoms with van der Waals surface area (Å²) in [6, 6.07) is 41.9. The summed E-state index contributed by atoms with van der Waals surface area (Å²) in [5, 5.41) is 19.0. The van der Waals surface area contributed by atoms with Crippen molar-refractivity contribution in [2.45, 2.75) is 0 Å². The number of benzene rings is 4. The van der Waals surface area contributed by atoms with Crippen LogP contribution in [-0.2, 0) is 0 Å². The van der Waals surface area contributed by atoms with Crippen LogP contribution in [0, 0.1) is 22.7 Å². The number of anilines is 3. The van der Waals surface area contributed by atoms with Crippen LogP contribution >= 0.6 is 0 Å². The quantitative estimate of drug-likeness (QED) is 0.340. The van der Waals surface area contributed by atoms with Crippen molar-refractivity contribution in [1.29, 1.82) is 10.5 Å². The Morgan fingerprint density at radius 3 is 1.32 bits per heavy atom. The highest BCUT2D eigenvalue weighted by Gasteiger charge is 2.15. The maximum Gasteiger partial charge on any atom is 0.138 e. The van der Waals surface area contributed by atoms with Crippen LogP contribution in [0.3, 0.4) is 0 Å². The molecule has 0 heterocycles. The Morgan fingerprint density at radius 1 is 0.484 bits per heavy atom. The lowest BCUT2D eigenvalue weighted by atomic mass is 9.93. The Balaban J connectivity index is 1.81. The minimum atomic E-state index is 0.0990. The molecule has 0 amide bonds. The molecular weight excluding hydrogens is 378 g/mol. The topological polar surface area (TPSA) is 50.8 Å². The summed E-state index contributed by atoms with van der Waals surface area (Å²) in [7, 11) is 0. The monoisotopic (exact) mass is 397 g/mol. The SMILES string of the molecule is N#CC(C#N)=C(c1ccccc1)c1ccc(N(c2ccccc2)c2ccccc2)cc1. The molecule has 0 unspecified atom stereocenters. The van der Waals surface area contributed by atoms with Gasteiger partial charge in [-0.05, 0) is 47.5 Å². The third-order valence-electron chi connectivity index (χ3n) is 4.98. The first-order chi connectivity index (χ1) is 15.3. The molecule has 0 radical (unpaired) electrons. The lowest BCUT2D eigenvalue weighted by Gasteiger charge is -2.25. The molecule has 31 heavy (non-hydrogen) atoms.